The van der Waals surface area contributed by atoms with Gasteiger partial charge in [-0.15, -0.1) is 0 Å². The molecule has 9 atom stereocenters. The Morgan fingerprint density at radius 1 is 0.897 bits per heavy atom. The lowest BCUT2D eigenvalue weighted by Crippen LogP contribution is -2.50. The third kappa shape index (κ3) is 5.34. The molecule has 0 aromatic heterocycles. The van der Waals surface area contributed by atoms with E-state index in [0.717, 1.165) is 37.2 Å². The molecule has 39 heavy (non-hydrogen) atoms. The van der Waals surface area contributed by atoms with E-state index in [1.54, 1.807) is 17.7 Å². The summed E-state index contributed by atoms with van der Waals surface area (Å²) < 4.78 is 31.9. The molecule has 1 aromatic carbocycles. The van der Waals surface area contributed by atoms with Crippen LogP contribution >= 0.6 is 0 Å². The fourth-order valence-corrected chi connectivity index (χ4v) is 10.2. The predicted molar refractivity (Wildman–Crippen MR) is 161 cm³/mol. The lowest BCUT2D eigenvalue weighted by atomic mass is 9.47. The molecule has 4 aliphatic rings. The van der Waals surface area contributed by atoms with Crippen LogP contribution in [-0.4, -0.2) is 14.5 Å². The van der Waals surface area contributed by atoms with E-state index in [2.05, 4.69) is 59.8 Å². The fraction of sp³-hybridized carbons (Fsp3) is 0.714. The molecule has 216 valence electrons. The smallest absolute Gasteiger partial charge is 0.263 e. The first-order valence-corrected chi connectivity index (χ1v) is 17.1. The molecule has 0 spiro atoms. The monoisotopic (exact) mass is 552 g/mol. The van der Waals surface area contributed by atoms with Crippen LogP contribution in [0, 0.1) is 59.2 Å². The summed E-state index contributed by atoms with van der Waals surface area (Å²) in [5, 5.41) is 0. The van der Waals surface area contributed by atoms with Crippen LogP contribution in [0.25, 0.3) is 0 Å². The number of fused-ring (bicyclic) bond motifs is 5. The van der Waals surface area contributed by atoms with Gasteiger partial charge in [0.25, 0.3) is 10.1 Å². The van der Waals surface area contributed by atoms with Crippen molar-refractivity contribution in [1.29, 1.82) is 0 Å². The first kappa shape index (κ1) is 29.1. The molecule has 0 unspecified atom stereocenters. The lowest BCUT2D eigenvalue weighted by Gasteiger charge is -2.58. The van der Waals surface area contributed by atoms with Crippen LogP contribution in [0.4, 0.5) is 0 Å². The van der Waals surface area contributed by atoms with E-state index in [1.165, 1.54) is 25.7 Å². The molecule has 3 nitrogen and oxygen atoms in total. The quantitative estimate of drug-likeness (QED) is 0.250. The van der Waals surface area contributed by atoms with Crippen molar-refractivity contribution >= 4 is 10.1 Å². The van der Waals surface area contributed by atoms with Crippen LogP contribution in [0.15, 0.2) is 53.0 Å². The van der Waals surface area contributed by atoms with E-state index in [1.807, 2.05) is 19.1 Å². The summed E-state index contributed by atoms with van der Waals surface area (Å²) in [7, 11) is -3.73. The molecule has 0 amide bonds. The van der Waals surface area contributed by atoms with Crippen molar-refractivity contribution in [2.75, 3.05) is 0 Å². The number of rotatable bonds is 7. The van der Waals surface area contributed by atoms with Crippen molar-refractivity contribution in [3.05, 3.63) is 53.6 Å². The minimum Gasteiger partial charge on any atom is -0.263 e. The van der Waals surface area contributed by atoms with Gasteiger partial charge in [-0.3, -0.25) is 4.18 Å². The minimum atomic E-state index is -3.73. The van der Waals surface area contributed by atoms with Gasteiger partial charge >= 0.3 is 0 Å². The zero-order valence-corrected chi connectivity index (χ0v) is 26.3. The van der Waals surface area contributed by atoms with Gasteiger partial charge in [0.1, 0.15) is 0 Å². The van der Waals surface area contributed by atoms with E-state index in [9.17, 15) is 8.42 Å². The molecular weight excluding hydrogens is 500 g/mol. The van der Waals surface area contributed by atoms with Gasteiger partial charge in [-0.05, 0) is 123 Å². The van der Waals surface area contributed by atoms with Crippen LogP contribution < -0.4 is 0 Å². The largest absolute Gasteiger partial charge is 0.297 e. The fourth-order valence-electron chi connectivity index (χ4n) is 9.11. The Morgan fingerprint density at radius 3 is 2.26 bits per heavy atom. The molecule has 4 heteroatoms. The van der Waals surface area contributed by atoms with Crippen LogP contribution in [0.1, 0.15) is 98.5 Å². The highest BCUT2D eigenvalue weighted by Gasteiger charge is 2.58. The second-order valence-corrected chi connectivity index (χ2v) is 16.2. The third-order valence-electron chi connectivity index (χ3n) is 12.1. The second-order valence-electron chi connectivity index (χ2n) is 14.6. The van der Waals surface area contributed by atoms with Gasteiger partial charge in [-0.1, -0.05) is 83.0 Å². The third-order valence-corrected chi connectivity index (χ3v) is 13.5. The van der Waals surface area contributed by atoms with Crippen LogP contribution in [-0.2, 0) is 14.3 Å². The summed E-state index contributed by atoms with van der Waals surface area (Å²) in [4.78, 5) is 0.275. The summed E-state index contributed by atoms with van der Waals surface area (Å²) in [5.74, 6) is 4.59. The Balaban J connectivity index is 1.29. The van der Waals surface area contributed by atoms with Gasteiger partial charge in [0, 0.05) is 0 Å². The van der Waals surface area contributed by atoms with E-state index in [4.69, 9.17) is 4.18 Å². The SMILES string of the molecule is Cc1ccc(S(=O)(=O)O[C@@H]2CC[C@]3(C)[C@H](CC=C4[C@@H]3CC[C@]3(C)[C@H]4CC[C@H]3[C@H](C)/C=C/[C@H](C)C(C)C)C2)cc1. The van der Waals surface area contributed by atoms with E-state index in [-0.39, 0.29) is 16.4 Å². The Morgan fingerprint density at radius 2 is 1.56 bits per heavy atom. The first-order valence-electron chi connectivity index (χ1n) is 15.7. The predicted octanol–water partition coefficient (Wildman–Crippen LogP) is 9.13. The normalized spacial score (nSPS) is 38.2. The lowest BCUT2D eigenvalue weighted by molar-refractivity contribution is -0.0339. The average molecular weight is 553 g/mol. The number of aryl methyl sites for hydroxylation is 1. The second kappa shape index (κ2) is 10.8. The zero-order chi connectivity index (χ0) is 28.2. The zero-order valence-electron chi connectivity index (χ0n) is 25.5. The summed E-state index contributed by atoms with van der Waals surface area (Å²) in [5.41, 5.74) is 3.48. The highest BCUT2D eigenvalue weighted by molar-refractivity contribution is 7.86. The molecule has 4 aliphatic carbocycles. The summed E-state index contributed by atoms with van der Waals surface area (Å²) in [6, 6.07) is 7.02. The summed E-state index contributed by atoms with van der Waals surface area (Å²) >= 11 is 0. The van der Waals surface area contributed by atoms with Crippen molar-refractivity contribution in [2.45, 2.75) is 111 Å². The van der Waals surface area contributed by atoms with E-state index in [0.29, 0.717) is 40.9 Å². The maximum absolute atomic E-state index is 13.0. The molecule has 3 saturated carbocycles. The number of hydrogen-bond acceptors (Lipinski definition) is 3. The van der Waals surface area contributed by atoms with Gasteiger partial charge in [-0.25, -0.2) is 0 Å². The molecule has 0 aliphatic heterocycles. The molecule has 0 heterocycles. The van der Waals surface area contributed by atoms with E-state index >= 15 is 0 Å². The Bertz CT molecular complexity index is 1190. The van der Waals surface area contributed by atoms with Crippen LogP contribution in [0.5, 0.6) is 0 Å². The number of allylic oxidation sites excluding steroid dienone is 4. The molecule has 0 saturated heterocycles. The van der Waals surface area contributed by atoms with Crippen molar-refractivity contribution in [2.24, 2.45) is 52.3 Å². The summed E-state index contributed by atoms with van der Waals surface area (Å²) in [6.07, 6.45) is 16.5. The van der Waals surface area contributed by atoms with Gasteiger partial charge in [0.15, 0.2) is 0 Å². The first-order chi connectivity index (χ1) is 18.3. The van der Waals surface area contributed by atoms with Gasteiger partial charge in [0.05, 0.1) is 11.0 Å². The van der Waals surface area contributed by atoms with Crippen molar-refractivity contribution in [3.8, 4) is 0 Å². The maximum atomic E-state index is 13.0. The molecule has 0 radical (unpaired) electrons. The van der Waals surface area contributed by atoms with Crippen molar-refractivity contribution in [3.63, 3.8) is 0 Å². The minimum absolute atomic E-state index is 0.213. The Hall–Kier alpha value is -1.39. The molecular formula is C35H52O3S. The summed E-state index contributed by atoms with van der Waals surface area (Å²) in [6.45, 7) is 16.5. The highest BCUT2D eigenvalue weighted by Crippen LogP contribution is 2.67. The van der Waals surface area contributed by atoms with Crippen LogP contribution in [0.2, 0.25) is 0 Å². The average Bonchev–Trinajstić information content (AvgIpc) is 3.24. The van der Waals surface area contributed by atoms with Crippen molar-refractivity contribution < 1.29 is 12.6 Å². The van der Waals surface area contributed by atoms with Gasteiger partial charge in [-0.2, -0.15) is 8.42 Å². The van der Waals surface area contributed by atoms with Gasteiger partial charge in [0.2, 0.25) is 0 Å². The molecule has 3 fully saturated rings. The molecule has 0 bridgehead atoms. The Labute approximate surface area is 239 Å². The Kier molecular flexibility index (Phi) is 8.05. The highest BCUT2D eigenvalue weighted by atomic mass is 32.2. The van der Waals surface area contributed by atoms with Gasteiger partial charge < -0.3 is 0 Å². The standard InChI is InChI=1S/C35H52O3S/c1-23(2)25(4)10-11-26(5)31-16-17-32-30-15-12-27-22-28(38-39(36,37)29-13-8-24(3)9-14-29)18-20-34(27,6)33(30)19-21-35(31,32)7/h8-11,13-15,23,25-28,31-33H,12,16-22H2,1-7H3/b11-10+/t25-,26+,27+,28+,31-,32-,33-,34+,35-/m0/s1. The van der Waals surface area contributed by atoms with Crippen LogP contribution in [0.3, 0.4) is 0 Å². The number of hydrogen-bond donors (Lipinski definition) is 0. The van der Waals surface area contributed by atoms with E-state index < -0.39 is 10.1 Å². The molecule has 1 aromatic rings. The van der Waals surface area contributed by atoms with Crippen molar-refractivity contribution in [1.82, 2.24) is 0 Å². The topological polar surface area (TPSA) is 43.4 Å². The molecule has 0 N–H and O–H groups in total. The molecule has 5 rings (SSSR count). The maximum Gasteiger partial charge on any atom is 0.297 e. The number of benzene rings is 1.